The van der Waals surface area contributed by atoms with Gasteiger partial charge in [0.05, 0.1) is 17.4 Å². The maximum Gasteiger partial charge on any atom is 0.191 e. The molecule has 2 aromatic carbocycles. The average molecular weight is 385 g/mol. The molecule has 5 nitrogen and oxygen atoms in total. The largest absolute Gasteiger partial charge is 0.494 e. The Kier molecular flexibility index (Phi) is 5.91. The Morgan fingerprint density at radius 3 is 2.56 bits per heavy atom. The first-order valence-corrected chi connectivity index (χ1v) is 9.47. The fourth-order valence-corrected chi connectivity index (χ4v) is 3.51. The predicted octanol–water partition coefficient (Wildman–Crippen LogP) is 4.38. The van der Waals surface area contributed by atoms with Crippen molar-refractivity contribution in [1.29, 1.82) is 0 Å². The van der Waals surface area contributed by atoms with Gasteiger partial charge in [-0.2, -0.15) is 0 Å². The zero-order valence-electron chi connectivity index (χ0n) is 15.3. The number of halogens is 1. The van der Waals surface area contributed by atoms with Crippen molar-refractivity contribution in [2.75, 3.05) is 6.61 Å². The minimum Gasteiger partial charge on any atom is -0.494 e. The van der Waals surface area contributed by atoms with Gasteiger partial charge in [-0.25, -0.2) is 4.39 Å². The lowest BCUT2D eigenvalue weighted by molar-refractivity contribution is 0.0994. The summed E-state index contributed by atoms with van der Waals surface area (Å²) in [7, 11) is 1.76. The van der Waals surface area contributed by atoms with Crippen LogP contribution in [0.2, 0.25) is 0 Å². The smallest absolute Gasteiger partial charge is 0.191 e. The van der Waals surface area contributed by atoms with Gasteiger partial charge in [-0.3, -0.25) is 4.79 Å². The molecular formula is C20H20FN3O2S. The fraction of sp³-hybridized carbons (Fsp3) is 0.250. The highest BCUT2D eigenvalue weighted by Gasteiger charge is 2.21. The van der Waals surface area contributed by atoms with Crippen LogP contribution in [-0.4, -0.2) is 32.4 Å². The number of carbonyl (C=O) groups is 1. The number of benzene rings is 2. The first-order chi connectivity index (χ1) is 13.0. The second-order valence-electron chi connectivity index (χ2n) is 5.93. The second kappa shape index (κ2) is 8.35. The molecule has 27 heavy (non-hydrogen) atoms. The maximum atomic E-state index is 14.0. The number of ketones is 1. The van der Waals surface area contributed by atoms with Gasteiger partial charge in [-0.05, 0) is 50.2 Å². The quantitative estimate of drug-likeness (QED) is 0.446. The van der Waals surface area contributed by atoms with Gasteiger partial charge in [0.2, 0.25) is 0 Å². The SMILES string of the molecule is CCOc1ccc(C(=O)[C@@H](C)Sc2nnc(-c3ccccc3F)n2C)cc1. The van der Waals surface area contributed by atoms with Crippen molar-refractivity contribution in [2.45, 2.75) is 24.3 Å². The highest BCUT2D eigenvalue weighted by Crippen LogP contribution is 2.28. The number of hydrogen-bond donors (Lipinski definition) is 0. The summed E-state index contributed by atoms with van der Waals surface area (Å²) in [6, 6.07) is 13.5. The standard InChI is InChI=1S/C20H20FN3O2S/c1-4-26-15-11-9-14(10-12-15)18(25)13(2)27-20-23-22-19(24(20)3)16-7-5-6-8-17(16)21/h5-13H,4H2,1-3H3/t13-/m1/s1. The molecule has 7 heteroatoms. The van der Waals surface area contributed by atoms with Gasteiger partial charge in [0.15, 0.2) is 16.8 Å². The van der Waals surface area contributed by atoms with Gasteiger partial charge in [0, 0.05) is 12.6 Å². The third-order valence-electron chi connectivity index (χ3n) is 4.05. The van der Waals surface area contributed by atoms with Crippen LogP contribution in [0.4, 0.5) is 4.39 Å². The van der Waals surface area contributed by atoms with E-state index in [9.17, 15) is 9.18 Å². The Morgan fingerprint density at radius 1 is 1.19 bits per heavy atom. The van der Waals surface area contributed by atoms with Crippen molar-refractivity contribution in [3.63, 3.8) is 0 Å². The molecule has 140 valence electrons. The van der Waals surface area contributed by atoms with Crippen molar-refractivity contribution in [1.82, 2.24) is 14.8 Å². The summed E-state index contributed by atoms with van der Waals surface area (Å²) >= 11 is 1.30. The molecule has 0 aliphatic carbocycles. The zero-order chi connectivity index (χ0) is 19.4. The van der Waals surface area contributed by atoms with Crippen LogP contribution in [0.3, 0.4) is 0 Å². The van der Waals surface area contributed by atoms with Crippen LogP contribution >= 0.6 is 11.8 Å². The Hall–Kier alpha value is -2.67. The van der Waals surface area contributed by atoms with E-state index in [-0.39, 0.29) is 16.9 Å². The van der Waals surface area contributed by atoms with Gasteiger partial charge in [0.25, 0.3) is 0 Å². The number of aromatic nitrogens is 3. The van der Waals surface area contributed by atoms with Gasteiger partial charge < -0.3 is 9.30 Å². The summed E-state index contributed by atoms with van der Waals surface area (Å²) in [5, 5.41) is 8.41. The monoisotopic (exact) mass is 385 g/mol. The number of ether oxygens (including phenoxy) is 1. The fourth-order valence-electron chi connectivity index (χ4n) is 2.62. The lowest BCUT2D eigenvalue weighted by Gasteiger charge is -2.11. The highest BCUT2D eigenvalue weighted by atomic mass is 32.2. The lowest BCUT2D eigenvalue weighted by Crippen LogP contribution is -2.14. The Labute approximate surface area is 161 Å². The molecule has 0 saturated heterocycles. The summed E-state index contributed by atoms with van der Waals surface area (Å²) in [6.45, 7) is 4.31. The average Bonchev–Trinajstić information content (AvgIpc) is 3.03. The highest BCUT2D eigenvalue weighted by molar-refractivity contribution is 8.00. The zero-order valence-corrected chi connectivity index (χ0v) is 16.2. The molecule has 0 unspecified atom stereocenters. The van der Waals surface area contributed by atoms with E-state index in [1.54, 1.807) is 54.1 Å². The molecule has 0 amide bonds. The van der Waals surface area contributed by atoms with Crippen LogP contribution < -0.4 is 4.74 Å². The van der Waals surface area contributed by atoms with E-state index in [0.717, 1.165) is 5.75 Å². The second-order valence-corrected chi connectivity index (χ2v) is 7.23. The van der Waals surface area contributed by atoms with Gasteiger partial charge in [0.1, 0.15) is 11.6 Å². The summed E-state index contributed by atoms with van der Waals surface area (Å²) in [5.41, 5.74) is 0.986. The van der Waals surface area contributed by atoms with E-state index in [2.05, 4.69) is 10.2 Å². The molecule has 1 heterocycles. The van der Waals surface area contributed by atoms with E-state index < -0.39 is 0 Å². The third-order valence-corrected chi connectivity index (χ3v) is 5.18. The van der Waals surface area contributed by atoms with E-state index >= 15 is 0 Å². The molecule has 0 aliphatic heterocycles. The van der Waals surface area contributed by atoms with Gasteiger partial charge >= 0.3 is 0 Å². The van der Waals surface area contributed by atoms with Crippen LogP contribution in [0, 0.1) is 5.82 Å². The molecule has 0 saturated carbocycles. The predicted molar refractivity (Wildman–Crippen MR) is 104 cm³/mol. The molecule has 1 atom stereocenters. The van der Waals surface area contributed by atoms with E-state index in [1.165, 1.54) is 17.8 Å². The number of carbonyl (C=O) groups excluding carboxylic acids is 1. The first kappa shape index (κ1) is 19.1. The van der Waals surface area contributed by atoms with Crippen molar-refractivity contribution in [3.05, 3.63) is 59.9 Å². The molecule has 3 rings (SSSR count). The van der Waals surface area contributed by atoms with E-state index in [0.29, 0.717) is 28.7 Å². The summed E-state index contributed by atoms with van der Waals surface area (Å²) in [4.78, 5) is 12.7. The van der Waals surface area contributed by atoms with Gasteiger partial charge in [-0.15, -0.1) is 10.2 Å². The number of thioether (sulfide) groups is 1. The minimum atomic E-state index is -0.362. The third kappa shape index (κ3) is 4.19. The van der Waals surface area contributed by atoms with E-state index in [1.807, 2.05) is 13.8 Å². The van der Waals surface area contributed by atoms with Crippen molar-refractivity contribution in [2.24, 2.45) is 7.05 Å². The molecule has 1 aromatic heterocycles. The Morgan fingerprint density at radius 2 is 1.89 bits per heavy atom. The molecule has 0 fully saturated rings. The lowest BCUT2D eigenvalue weighted by atomic mass is 10.1. The molecule has 0 N–H and O–H groups in total. The minimum absolute atomic E-state index is 0.0153. The summed E-state index contributed by atoms with van der Waals surface area (Å²) in [5.74, 6) is 0.787. The van der Waals surface area contributed by atoms with Crippen molar-refractivity contribution >= 4 is 17.5 Å². The molecular weight excluding hydrogens is 365 g/mol. The number of nitrogens with zero attached hydrogens (tertiary/aromatic N) is 3. The molecule has 0 spiro atoms. The van der Waals surface area contributed by atoms with Crippen molar-refractivity contribution in [3.8, 4) is 17.1 Å². The molecule has 0 radical (unpaired) electrons. The number of Topliss-reactive ketones (excluding diaryl/α,β-unsaturated/α-hetero) is 1. The Bertz CT molecular complexity index is 941. The van der Waals surface area contributed by atoms with Crippen LogP contribution in [0.5, 0.6) is 5.75 Å². The van der Waals surface area contributed by atoms with Crippen LogP contribution in [0.25, 0.3) is 11.4 Å². The van der Waals surface area contributed by atoms with Crippen LogP contribution in [0.1, 0.15) is 24.2 Å². The molecule has 0 bridgehead atoms. The number of hydrogen-bond acceptors (Lipinski definition) is 5. The maximum absolute atomic E-state index is 14.0. The number of rotatable bonds is 7. The summed E-state index contributed by atoms with van der Waals surface area (Å²) < 4.78 is 21.1. The Balaban J connectivity index is 1.75. The van der Waals surface area contributed by atoms with Crippen molar-refractivity contribution < 1.29 is 13.9 Å². The molecule has 3 aromatic rings. The van der Waals surface area contributed by atoms with E-state index in [4.69, 9.17) is 4.74 Å². The van der Waals surface area contributed by atoms with Gasteiger partial charge in [-0.1, -0.05) is 23.9 Å². The molecule has 0 aliphatic rings. The topological polar surface area (TPSA) is 57.0 Å². The summed E-state index contributed by atoms with van der Waals surface area (Å²) in [6.07, 6.45) is 0. The normalized spacial score (nSPS) is 12.0. The first-order valence-electron chi connectivity index (χ1n) is 8.59. The van der Waals surface area contributed by atoms with Crippen LogP contribution in [0.15, 0.2) is 53.7 Å². The van der Waals surface area contributed by atoms with Crippen LogP contribution in [-0.2, 0) is 7.05 Å².